The third-order valence-corrected chi connectivity index (χ3v) is 1.63. The van der Waals surface area contributed by atoms with E-state index in [4.69, 9.17) is 0 Å². The minimum Gasteiger partial charge on any atom is -0.483 e. The van der Waals surface area contributed by atoms with E-state index in [0.29, 0.717) is 11.1 Å². The van der Waals surface area contributed by atoms with E-state index in [9.17, 15) is 13.2 Å². The Morgan fingerprint density at radius 1 is 1.21 bits per heavy atom. The molecule has 1 heterocycles. The average molecular weight is 205 g/mol. The van der Waals surface area contributed by atoms with Crippen molar-refractivity contribution in [2.75, 3.05) is 6.61 Å². The Balaban J connectivity index is 2.77. The van der Waals surface area contributed by atoms with Gasteiger partial charge in [-0.2, -0.15) is 13.2 Å². The summed E-state index contributed by atoms with van der Waals surface area (Å²) in [6.07, 6.45) is -1.36. The van der Waals surface area contributed by atoms with Gasteiger partial charge < -0.3 is 4.74 Å². The van der Waals surface area contributed by atoms with Crippen LogP contribution in [0.4, 0.5) is 13.2 Å². The molecule has 0 saturated heterocycles. The molecule has 78 valence electrons. The van der Waals surface area contributed by atoms with Crippen molar-refractivity contribution < 1.29 is 17.9 Å². The van der Waals surface area contributed by atoms with Gasteiger partial charge in [0.25, 0.3) is 0 Å². The predicted molar refractivity (Wildman–Crippen MR) is 45.3 cm³/mol. The second-order valence-corrected chi connectivity index (χ2v) is 3.01. The minimum atomic E-state index is -4.30. The molecule has 0 aromatic carbocycles. The fraction of sp³-hybridized carbons (Fsp3) is 0.444. The quantitative estimate of drug-likeness (QED) is 0.740. The first-order valence-electron chi connectivity index (χ1n) is 4.01. The van der Waals surface area contributed by atoms with Gasteiger partial charge in [0.1, 0.15) is 5.75 Å². The van der Waals surface area contributed by atoms with Crippen LogP contribution in [-0.2, 0) is 0 Å². The summed E-state index contributed by atoms with van der Waals surface area (Å²) in [6.45, 7) is 2.05. The van der Waals surface area contributed by atoms with E-state index in [2.05, 4.69) is 9.72 Å². The molecule has 0 N–H and O–H groups in total. The van der Waals surface area contributed by atoms with Crippen LogP contribution in [0.1, 0.15) is 11.1 Å². The van der Waals surface area contributed by atoms with Crippen molar-refractivity contribution in [1.29, 1.82) is 0 Å². The molecule has 0 atom stereocenters. The number of rotatable bonds is 2. The lowest BCUT2D eigenvalue weighted by molar-refractivity contribution is -0.153. The molecule has 0 radical (unpaired) electrons. The number of hydrogen-bond acceptors (Lipinski definition) is 2. The van der Waals surface area contributed by atoms with Crippen LogP contribution in [0.25, 0.3) is 0 Å². The van der Waals surface area contributed by atoms with Gasteiger partial charge >= 0.3 is 6.18 Å². The second kappa shape index (κ2) is 3.86. The van der Waals surface area contributed by atoms with Crippen molar-refractivity contribution >= 4 is 0 Å². The lowest BCUT2D eigenvalue weighted by atomic mass is 10.2. The largest absolute Gasteiger partial charge is 0.483 e. The molecule has 1 aromatic rings. The Morgan fingerprint density at radius 2 is 1.71 bits per heavy atom. The lowest BCUT2D eigenvalue weighted by Crippen LogP contribution is -2.20. The molecule has 0 fully saturated rings. The number of alkyl halides is 3. The van der Waals surface area contributed by atoms with Crippen LogP contribution in [-0.4, -0.2) is 17.8 Å². The summed E-state index contributed by atoms with van der Waals surface area (Å²) in [5.41, 5.74) is 1.21. The normalized spacial score (nSPS) is 11.5. The Morgan fingerprint density at radius 3 is 2.14 bits per heavy atom. The van der Waals surface area contributed by atoms with E-state index in [1.807, 2.05) is 0 Å². The highest BCUT2D eigenvalue weighted by Gasteiger charge is 2.28. The van der Waals surface area contributed by atoms with Gasteiger partial charge in [0.2, 0.25) is 0 Å². The molecule has 0 amide bonds. The third kappa shape index (κ3) is 2.90. The van der Waals surface area contributed by atoms with Gasteiger partial charge in [0.05, 0.1) is 0 Å². The number of nitrogens with zero attached hydrogens (tertiary/aromatic N) is 1. The molecule has 14 heavy (non-hydrogen) atoms. The number of aromatic nitrogens is 1. The summed E-state index contributed by atoms with van der Waals surface area (Å²) >= 11 is 0. The number of pyridine rings is 1. The zero-order chi connectivity index (χ0) is 10.8. The first kappa shape index (κ1) is 10.8. The van der Waals surface area contributed by atoms with Crippen molar-refractivity contribution in [1.82, 2.24) is 4.98 Å². The zero-order valence-corrected chi connectivity index (χ0v) is 7.85. The Kier molecular flexibility index (Phi) is 2.98. The fourth-order valence-corrected chi connectivity index (χ4v) is 1.07. The van der Waals surface area contributed by atoms with Crippen LogP contribution < -0.4 is 4.74 Å². The molecule has 0 aliphatic rings. The molecule has 0 aliphatic heterocycles. The maximum atomic E-state index is 11.9. The Labute approximate surface area is 79.7 Å². The van der Waals surface area contributed by atoms with Crippen molar-refractivity contribution in [2.45, 2.75) is 20.0 Å². The molecule has 1 aromatic heterocycles. The Bertz CT molecular complexity index is 302. The van der Waals surface area contributed by atoms with Gasteiger partial charge in [-0.1, -0.05) is 0 Å². The van der Waals surface area contributed by atoms with Gasteiger partial charge in [-0.3, -0.25) is 4.98 Å². The first-order valence-corrected chi connectivity index (χ1v) is 4.01. The van der Waals surface area contributed by atoms with Crippen molar-refractivity contribution in [3.8, 4) is 5.75 Å². The summed E-state index contributed by atoms with van der Waals surface area (Å²) in [5, 5.41) is 0. The van der Waals surface area contributed by atoms with Gasteiger partial charge in [0, 0.05) is 23.5 Å². The molecule has 0 bridgehead atoms. The molecular weight excluding hydrogens is 195 g/mol. The minimum absolute atomic E-state index is 0.261. The van der Waals surface area contributed by atoms with Crippen LogP contribution in [0.5, 0.6) is 5.75 Å². The number of halogens is 3. The molecule has 1 rings (SSSR count). The summed E-state index contributed by atoms with van der Waals surface area (Å²) in [6, 6.07) is 0. The van der Waals surface area contributed by atoms with E-state index in [1.54, 1.807) is 13.8 Å². The fourth-order valence-electron chi connectivity index (χ4n) is 1.07. The monoisotopic (exact) mass is 205 g/mol. The van der Waals surface area contributed by atoms with Crippen LogP contribution >= 0.6 is 0 Å². The van der Waals surface area contributed by atoms with Gasteiger partial charge in [-0.25, -0.2) is 0 Å². The van der Waals surface area contributed by atoms with Crippen molar-refractivity contribution in [2.24, 2.45) is 0 Å². The molecule has 0 spiro atoms. The number of hydrogen-bond donors (Lipinski definition) is 0. The second-order valence-electron chi connectivity index (χ2n) is 3.01. The van der Waals surface area contributed by atoms with Crippen LogP contribution in [0, 0.1) is 13.8 Å². The topological polar surface area (TPSA) is 22.1 Å². The highest BCUT2D eigenvalue weighted by Crippen LogP contribution is 2.24. The lowest BCUT2D eigenvalue weighted by Gasteiger charge is -2.12. The SMILES string of the molecule is Cc1cncc(C)c1OCC(F)(F)F. The van der Waals surface area contributed by atoms with E-state index >= 15 is 0 Å². The summed E-state index contributed by atoms with van der Waals surface area (Å²) < 4.78 is 40.3. The maximum absolute atomic E-state index is 11.9. The van der Waals surface area contributed by atoms with E-state index in [1.165, 1.54) is 12.4 Å². The predicted octanol–water partition coefficient (Wildman–Crippen LogP) is 2.64. The highest BCUT2D eigenvalue weighted by atomic mass is 19.4. The van der Waals surface area contributed by atoms with Gasteiger partial charge in [-0.15, -0.1) is 0 Å². The smallest absolute Gasteiger partial charge is 0.422 e. The standard InChI is InChI=1S/C9H10F3NO/c1-6-3-13-4-7(2)8(6)14-5-9(10,11)12/h3-4H,5H2,1-2H3. The zero-order valence-electron chi connectivity index (χ0n) is 7.85. The van der Waals surface area contributed by atoms with Gasteiger partial charge in [0.15, 0.2) is 6.61 Å². The first-order chi connectivity index (χ1) is 6.40. The maximum Gasteiger partial charge on any atom is 0.422 e. The van der Waals surface area contributed by atoms with Crippen molar-refractivity contribution in [3.63, 3.8) is 0 Å². The molecule has 0 aliphatic carbocycles. The highest BCUT2D eigenvalue weighted by molar-refractivity contribution is 5.36. The van der Waals surface area contributed by atoms with Gasteiger partial charge in [-0.05, 0) is 13.8 Å². The molecule has 5 heteroatoms. The van der Waals surface area contributed by atoms with E-state index in [0.717, 1.165) is 0 Å². The third-order valence-electron chi connectivity index (χ3n) is 1.63. The Hall–Kier alpha value is -1.26. The summed E-state index contributed by atoms with van der Waals surface area (Å²) in [7, 11) is 0. The summed E-state index contributed by atoms with van der Waals surface area (Å²) in [4.78, 5) is 3.83. The van der Waals surface area contributed by atoms with Crippen LogP contribution in [0.2, 0.25) is 0 Å². The number of ether oxygens (including phenoxy) is 1. The van der Waals surface area contributed by atoms with Crippen LogP contribution in [0.3, 0.4) is 0 Å². The molecule has 0 unspecified atom stereocenters. The molecule has 0 saturated carbocycles. The molecule has 2 nitrogen and oxygen atoms in total. The van der Waals surface area contributed by atoms with E-state index < -0.39 is 12.8 Å². The molecular formula is C9H10F3NO. The van der Waals surface area contributed by atoms with Crippen molar-refractivity contribution in [3.05, 3.63) is 23.5 Å². The summed E-state index contributed by atoms with van der Waals surface area (Å²) in [5.74, 6) is 0.261. The average Bonchev–Trinajstić information content (AvgIpc) is 2.01. The number of aryl methyl sites for hydroxylation is 2. The van der Waals surface area contributed by atoms with E-state index in [-0.39, 0.29) is 5.75 Å². The van der Waals surface area contributed by atoms with Crippen LogP contribution in [0.15, 0.2) is 12.4 Å².